The van der Waals surface area contributed by atoms with Crippen molar-refractivity contribution in [3.8, 4) is 0 Å². The Balaban J connectivity index is 2.11. The van der Waals surface area contributed by atoms with E-state index < -0.39 is 17.8 Å². The molecular weight excluding hydrogens is 208 g/mol. The number of anilines is 1. The third-order valence-electron chi connectivity index (χ3n) is 2.36. The average Bonchev–Trinajstić information content (AvgIpc) is 2.55. The highest BCUT2D eigenvalue weighted by Gasteiger charge is 2.56. The fourth-order valence-corrected chi connectivity index (χ4v) is 1.39. The van der Waals surface area contributed by atoms with Gasteiger partial charge in [0, 0.05) is 25.1 Å². The number of nitrogen functional groups attached to an aromatic ring is 1. The summed E-state index contributed by atoms with van der Waals surface area (Å²) < 4.78 is 26.3. The number of alkyl halides is 2. The van der Waals surface area contributed by atoms with Gasteiger partial charge in [0.05, 0.1) is 5.69 Å². The first kappa shape index (κ1) is 9.88. The van der Waals surface area contributed by atoms with Crippen molar-refractivity contribution in [3.05, 3.63) is 11.9 Å². The number of aromatic carboxylic acids is 1. The molecule has 0 saturated heterocycles. The summed E-state index contributed by atoms with van der Waals surface area (Å²) >= 11 is 0. The molecule has 1 heterocycles. The fourth-order valence-electron chi connectivity index (χ4n) is 1.39. The van der Waals surface area contributed by atoms with E-state index in [9.17, 15) is 13.6 Å². The van der Waals surface area contributed by atoms with Crippen molar-refractivity contribution < 1.29 is 18.7 Å². The molecular formula is C8H9F2N3O2. The van der Waals surface area contributed by atoms with Gasteiger partial charge in [-0.3, -0.25) is 4.68 Å². The van der Waals surface area contributed by atoms with Crippen molar-refractivity contribution in [3.63, 3.8) is 0 Å². The molecule has 5 nitrogen and oxygen atoms in total. The molecule has 1 saturated carbocycles. The molecule has 0 radical (unpaired) electrons. The van der Waals surface area contributed by atoms with Gasteiger partial charge in [0.1, 0.15) is 0 Å². The molecule has 7 heteroatoms. The lowest BCUT2D eigenvalue weighted by Crippen LogP contribution is -2.07. The Bertz CT molecular complexity index is 416. The SMILES string of the molecule is Nc1cn(CC2CC2(F)F)nc1C(=O)O. The molecule has 15 heavy (non-hydrogen) atoms. The van der Waals surface area contributed by atoms with Gasteiger partial charge in [0.15, 0.2) is 5.69 Å². The van der Waals surface area contributed by atoms with Crippen LogP contribution in [-0.2, 0) is 6.54 Å². The summed E-state index contributed by atoms with van der Waals surface area (Å²) in [4.78, 5) is 10.6. The largest absolute Gasteiger partial charge is 0.476 e. The molecule has 0 amide bonds. The van der Waals surface area contributed by atoms with E-state index in [-0.39, 0.29) is 24.3 Å². The maximum absolute atomic E-state index is 12.6. The first-order chi connectivity index (χ1) is 6.90. The van der Waals surface area contributed by atoms with Crippen LogP contribution in [-0.4, -0.2) is 26.8 Å². The quantitative estimate of drug-likeness (QED) is 0.785. The molecule has 3 N–H and O–H groups in total. The highest BCUT2D eigenvalue weighted by Crippen LogP contribution is 2.49. The van der Waals surface area contributed by atoms with Crippen LogP contribution < -0.4 is 5.73 Å². The van der Waals surface area contributed by atoms with E-state index in [4.69, 9.17) is 10.8 Å². The number of hydrogen-bond acceptors (Lipinski definition) is 3. The zero-order valence-electron chi connectivity index (χ0n) is 7.65. The van der Waals surface area contributed by atoms with Crippen molar-refractivity contribution in [2.75, 3.05) is 5.73 Å². The summed E-state index contributed by atoms with van der Waals surface area (Å²) in [5.41, 5.74) is 5.05. The lowest BCUT2D eigenvalue weighted by Gasteiger charge is -1.98. The second-order valence-corrected chi connectivity index (χ2v) is 3.62. The van der Waals surface area contributed by atoms with E-state index in [1.807, 2.05) is 0 Å². The second kappa shape index (κ2) is 2.91. The molecule has 0 aromatic carbocycles. The summed E-state index contributed by atoms with van der Waals surface area (Å²) in [6, 6.07) is 0. The molecule has 1 aliphatic carbocycles. The molecule has 1 fully saturated rings. The maximum Gasteiger partial charge on any atom is 0.358 e. The summed E-state index contributed by atoms with van der Waals surface area (Å²) in [6.45, 7) is 0.00444. The van der Waals surface area contributed by atoms with Gasteiger partial charge in [-0.2, -0.15) is 5.10 Å². The number of rotatable bonds is 3. The van der Waals surface area contributed by atoms with E-state index in [2.05, 4.69) is 5.10 Å². The number of carboxylic acids is 1. The van der Waals surface area contributed by atoms with Crippen LogP contribution in [0.3, 0.4) is 0 Å². The Morgan fingerprint density at radius 3 is 2.80 bits per heavy atom. The second-order valence-electron chi connectivity index (χ2n) is 3.62. The summed E-state index contributed by atoms with van der Waals surface area (Å²) in [7, 11) is 0. The smallest absolute Gasteiger partial charge is 0.358 e. The van der Waals surface area contributed by atoms with Crippen molar-refractivity contribution in [2.45, 2.75) is 18.9 Å². The van der Waals surface area contributed by atoms with Crippen LogP contribution in [0.15, 0.2) is 6.20 Å². The summed E-state index contributed by atoms with van der Waals surface area (Å²) in [5, 5.41) is 12.2. The molecule has 0 bridgehead atoms. The predicted octanol–water partition coefficient (Wildman–Crippen LogP) is 0.819. The van der Waals surface area contributed by atoms with Crippen LogP contribution in [0.4, 0.5) is 14.5 Å². The topological polar surface area (TPSA) is 81.1 Å². The standard InChI is InChI=1S/C8H9F2N3O2/c9-8(10)1-4(8)2-13-3-5(11)6(12-13)7(14)15/h3-4H,1-2,11H2,(H,14,15). The van der Waals surface area contributed by atoms with E-state index in [1.54, 1.807) is 0 Å². The minimum Gasteiger partial charge on any atom is -0.476 e. The van der Waals surface area contributed by atoms with Crippen LogP contribution in [0.1, 0.15) is 16.9 Å². The van der Waals surface area contributed by atoms with Crippen molar-refractivity contribution in [1.29, 1.82) is 0 Å². The molecule has 1 aromatic heterocycles. The molecule has 1 unspecified atom stereocenters. The summed E-state index contributed by atoms with van der Waals surface area (Å²) in [5.74, 6) is -4.64. The van der Waals surface area contributed by atoms with Crippen LogP contribution in [0, 0.1) is 5.92 Å². The van der Waals surface area contributed by atoms with Gasteiger partial charge < -0.3 is 10.8 Å². The number of nitrogens with two attached hydrogens (primary N) is 1. The molecule has 82 valence electrons. The van der Waals surface area contributed by atoms with Crippen molar-refractivity contribution in [1.82, 2.24) is 9.78 Å². The van der Waals surface area contributed by atoms with E-state index in [0.29, 0.717) is 0 Å². The van der Waals surface area contributed by atoms with E-state index in [0.717, 1.165) is 4.68 Å². The highest BCUT2D eigenvalue weighted by molar-refractivity contribution is 5.91. The lowest BCUT2D eigenvalue weighted by molar-refractivity contribution is 0.0690. The first-order valence-electron chi connectivity index (χ1n) is 4.34. The van der Waals surface area contributed by atoms with Crippen LogP contribution in [0.25, 0.3) is 0 Å². The number of halogens is 2. The number of carboxylic acid groups (broad SMARTS) is 1. The highest BCUT2D eigenvalue weighted by atomic mass is 19.3. The van der Waals surface area contributed by atoms with Crippen LogP contribution >= 0.6 is 0 Å². The minimum absolute atomic E-state index is 0.00444. The van der Waals surface area contributed by atoms with Gasteiger partial charge in [-0.05, 0) is 0 Å². The van der Waals surface area contributed by atoms with E-state index >= 15 is 0 Å². The zero-order valence-corrected chi connectivity index (χ0v) is 7.65. The third kappa shape index (κ3) is 1.77. The maximum atomic E-state index is 12.6. The third-order valence-corrected chi connectivity index (χ3v) is 2.36. The van der Waals surface area contributed by atoms with Gasteiger partial charge in [0.2, 0.25) is 0 Å². The van der Waals surface area contributed by atoms with Gasteiger partial charge in [0.25, 0.3) is 5.92 Å². The fraction of sp³-hybridized carbons (Fsp3) is 0.500. The molecule has 1 aromatic rings. The Morgan fingerprint density at radius 1 is 1.80 bits per heavy atom. The van der Waals surface area contributed by atoms with E-state index in [1.165, 1.54) is 6.20 Å². The van der Waals surface area contributed by atoms with Gasteiger partial charge in [-0.25, -0.2) is 13.6 Å². The predicted molar refractivity (Wildman–Crippen MR) is 46.7 cm³/mol. The minimum atomic E-state index is -2.63. The Morgan fingerprint density at radius 2 is 2.40 bits per heavy atom. The molecule has 1 aliphatic rings. The van der Waals surface area contributed by atoms with Crippen molar-refractivity contribution in [2.24, 2.45) is 5.92 Å². The molecule has 1 atom stereocenters. The number of hydrogen-bond donors (Lipinski definition) is 2. The normalized spacial score (nSPS) is 22.7. The number of nitrogens with zero attached hydrogens (tertiary/aromatic N) is 2. The molecule has 2 rings (SSSR count). The summed E-state index contributed by atoms with van der Waals surface area (Å²) in [6.07, 6.45) is 1.09. The monoisotopic (exact) mass is 217 g/mol. The van der Waals surface area contributed by atoms with Crippen LogP contribution in [0.5, 0.6) is 0 Å². The molecule has 0 aliphatic heterocycles. The number of aromatic nitrogens is 2. The Hall–Kier alpha value is -1.66. The van der Waals surface area contributed by atoms with Gasteiger partial charge in [-0.1, -0.05) is 0 Å². The zero-order chi connectivity index (χ0) is 11.2. The number of carbonyl (C=O) groups is 1. The van der Waals surface area contributed by atoms with Crippen LogP contribution in [0.2, 0.25) is 0 Å². The van der Waals surface area contributed by atoms with Gasteiger partial charge in [-0.15, -0.1) is 0 Å². The Labute approximate surface area is 83.5 Å². The Kier molecular flexibility index (Phi) is 1.92. The lowest BCUT2D eigenvalue weighted by atomic mass is 10.4. The average molecular weight is 217 g/mol. The molecule has 0 spiro atoms. The van der Waals surface area contributed by atoms with Gasteiger partial charge >= 0.3 is 5.97 Å². The first-order valence-corrected chi connectivity index (χ1v) is 4.34. The van der Waals surface area contributed by atoms with Crippen molar-refractivity contribution >= 4 is 11.7 Å².